The summed E-state index contributed by atoms with van der Waals surface area (Å²) in [7, 11) is 0. The number of halogens is 2. The minimum Gasteiger partial charge on any atom is -0.508 e. The molecule has 2 aliphatic carbocycles. The van der Waals surface area contributed by atoms with Crippen LogP contribution in [0.2, 0.25) is 10.0 Å². The first-order valence-electron chi connectivity index (χ1n) is 16.5. The molecule has 4 amide bonds. The first-order valence-corrected chi connectivity index (χ1v) is 17.3. The molecular formula is C38H34Cl2N2O7. The van der Waals surface area contributed by atoms with Crippen molar-refractivity contribution in [2.24, 2.45) is 23.7 Å². The number of amides is 4. The maximum atomic E-state index is 15.2. The molecule has 4 aliphatic rings. The number of phenols is 1. The fourth-order valence-corrected chi connectivity index (χ4v) is 9.32. The summed E-state index contributed by atoms with van der Waals surface area (Å²) in [5, 5.41) is 19.9. The number of nitrogens with zero attached hydrogens (tertiary/aromatic N) is 2. The van der Waals surface area contributed by atoms with Crippen molar-refractivity contribution in [2.45, 2.75) is 49.9 Å². The van der Waals surface area contributed by atoms with Gasteiger partial charge < -0.3 is 10.2 Å². The number of hydrogen-bond donors (Lipinski definition) is 2. The second kappa shape index (κ2) is 12.8. The highest BCUT2D eigenvalue weighted by Crippen LogP contribution is 2.65. The molecule has 0 unspecified atom stereocenters. The topological polar surface area (TPSA) is 132 Å². The molecule has 9 nitrogen and oxygen atoms in total. The maximum absolute atomic E-state index is 15.2. The molecule has 3 aromatic carbocycles. The highest BCUT2D eigenvalue weighted by molar-refractivity contribution is 6.33. The third-order valence-corrected chi connectivity index (χ3v) is 11.4. The minimum atomic E-state index is -1.47. The largest absolute Gasteiger partial charge is 0.508 e. The number of anilines is 1. The van der Waals surface area contributed by atoms with Crippen molar-refractivity contribution in [1.82, 2.24) is 4.90 Å². The lowest BCUT2D eigenvalue weighted by atomic mass is 9.49. The predicted octanol–water partition coefficient (Wildman–Crippen LogP) is 6.51. The van der Waals surface area contributed by atoms with Gasteiger partial charge in [-0.2, -0.15) is 0 Å². The van der Waals surface area contributed by atoms with Crippen LogP contribution in [-0.2, 0) is 29.4 Å². The zero-order valence-corrected chi connectivity index (χ0v) is 27.9. The number of rotatable bonds is 9. The third kappa shape index (κ3) is 5.25. The summed E-state index contributed by atoms with van der Waals surface area (Å²) in [5.41, 5.74) is 0.789. The number of likely N-dealkylation sites (tertiary alicyclic amines) is 1. The number of aromatic hydroxyl groups is 1. The molecule has 0 radical (unpaired) electrons. The van der Waals surface area contributed by atoms with E-state index in [-0.39, 0.29) is 48.4 Å². The summed E-state index contributed by atoms with van der Waals surface area (Å²) in [6.45, 7) is 0.191. The minimum absolute atomic E-state index is 0.0210. The number of imide groups is 2. The Morgan fingerprint density at radius 3 is 2.35 bits per heavy atom. The summed E-state index contributed by atoms with van der Waals surface area (Å²) < 4.78 is 0. The van der Waals surface area contributed by atoms with Crippen LogP contribution in [-0.4, -0.2) is 51.3 Å². The summed E-state index contributed by atoms with van der Waals surface area (Å²) in [4.78, 5) is 71.3. The first kappa shape index (κ1) is 33.0. The fourth-order valence-electron chi connectivity index (χ4n) is 8.85. The molecule has 2 aliphatic heterocycles. The van der Waals surface area contributed by atoms with E-state index in [4.69, 9.17) is 28.3 Å². The molecule has 6 atom stereocenters. The van der Waals surface area contributed by atoms with Crippen molar-refractivity contribution in [3.8, 4) is 5.75 Å². The molecule has 3 fully saturated rings. The van der Waals surface area contributed by atoms with Crippen LogP contribution in [0.15, 0.2) is 84.4 Å². The molecule has 2 saturated heterocycles. The molecule has 49 heavy (non-hydrogen) atoms. The molecule has 252 valence electrons. The van der Waals surface area contributed by atoms with E-state index in [1.54, 1.807) is 30.3 Å². The number of unbranched alkanes of at least 4 members (excludes halogenated alkanes) is 2. The SMILES string of the molecule is O=C(O)CCCCCN1C(=O)[C@H]2[C@H](CC=C3[C@H]2C[C@H]2C(=O)N(c4cccc(Cl)c4)C(=O)[C@@]2(c2ccccc2)[C@H]3c2ccc(O)cc2Cl)C1=O. The van der Waals surface area contributed by atoms with Gasteiger partial charge in [0, 0.05) is 28.9 Å². The molecule has 2 heterocycles. The van der Waals surface area contributed by atoms with Crippen LogP contribution in [0.25, 0.3) is 0 Å². The van der Waals surface area contributed by atoms with E-state index in [0.29, 0.717) is 41.1 Å². The lowest BCUT2D eigenvalue weighted by Crippen LogP contribution is -2.53. The smallest absolute Gasteiger partial charge is 0.303 e. The van der Waals surface area contributed by atoms with Gasteiger partial charge in [-0.05, 0) is 73.1 Å². The van der Waals surface area contributed by atoms with E-state index in [2.05, 4.69) is 0 Å². The van der Waals surface area contributed by atoms with Gasteiger partial charge in [0.15, 0.2) is 0 Å². The Balaban J connectivity index is 1.37. The molecule has 0 aromatic heterocycles. The van der Waals surface area contributed by atoms with Crippen molar-refractivity contribution in [3.05, 3.63) is 106 Å². The molecule has 1 saturated carbocycles. The Kier molecular flexibility index (Phi) is 8.61. The van der Waals surface area contributed by atoms with Crippen molar-refractivity contribution < 1.29 is 34.2 Å². The molecule has 7 rings (SSSR count). The number of benzene rings is 3. The number of phenolic OH excluding ortho intramolecular Hbond substituents is 1. The van der Waals surface area contributed by atoms with Gasteiger partial charge in [0.05, 0.1) is 28.9 Å². The van der Waals surface area contributed by atoms with Gasteiger partial charge in [-0.15, -0.1) is 0 Å². The monoisotopic (exact) mass is 700 g/mol. The Morgan fingerprint density at radius 1 is 0.857 bits per heavy atom. The number of carboxylic acids is 1. The highest BCUT2D eigenvalue weighted by atomic mass is 35.5. The Hall–Kier alpha value is -4.47. The number of carboxylic acid groups (broad SMARTS) is 1. The summed E-state index contributed by atoms with van der Waals surface area (Å²) in [6, 6.07) is 20.3. The van der Waals surface area contributed by atoms with Crippen molar-refractivity contribution >= 4 is 58.5 Å². The fraction of sp³-hybridized carbons (Fsp3) is 0.342. The van der Waals surface area contributed by atoms with Gasteiger partial charge in [-0.25, -0.2) is 4.90 Å². The number of carbonyl (C=O) groups excluding carboxylic acids is 4. The van der Waals surface area contributed by atoms with E-state index in [1.807, 2.05) is 36.4 Å². The van der Waals surface area contributed by atoms with Gasteiger partial charge in [0.2, 0.25) is 23.6 Å². The third-order valence-electron chi connectivity index (χ3n) is 10.8. The zero-order valence-electron chi connectivity index (χ0n) is 26.4. The van der Waals surface area contributed by atoms with Crippen LogP contribution in [0.1, 0.15) is 55.6 Å². The maximum Gasteiger partial charge on any atom is 0.303 e. The van der Waals surface area contributed by atoms with Gasteiger partial charge >= 0.3 is 5.97 Å². The second-order valence-corrected chi connectivity index (χ2v) is 14.2. The quantitative estimate of drug-likeness (QED) is 0.148. The number of aliphatic carboxylic acids is 1. The van der Waals surface area contributed by atoms with Crippen LogP contribution in [0, 0.1) is 23.7 Å². The van der Waals surface area contributed by atoms with E-state index >= 15 is 4.79 Å². The van der Waals surface area contributed by atoms with Crippen LogP contribution < -0.4 is 4.90 Å². The predicted molar refractivity (Wildman–Crippen MR) is 182 cm³/mol. The number of hydrogen-bond acceptors (Lipinski definition) is 6. The van der Waals surface area contributed by atoms with E-state index < -0.39 is 52.8 Å². The van der Waals surface area contributed by atoms with Gasteiger partial charge in [-0.3, -0.25) is 28.9 Å². The number of fused-ring (bicyclic) bond motifs is 4. The van der Waals surface area contributed by atoms with Crippen LogP contribution in [0.5, 0.6) is 5.75 Å². The molecule has 0 bridgehead atoms. The Bertz CT molecular complexity index is 1910. The molecule has 0 spiro atoms. The van der Waals surface area contributed by atoms with Crippen molar-refractivity contribution in [2.75, 3.05) is 11.4 Å². The van der Waals surface area contributed by atoms with Crippen LogP contribution in [0.4, 0.5) is 5.69 Å². The Morgan fingerprint density at radius 2 is 1.63 bits per heavy atom. The highest BCUT2D eigenvalue weighted by Gasteiger charge is 2.70. The van der Waals surface area contributed by atoms with E-state index in [0.717, 1.165) is 5.57 Å². The number of allylic oxidation sites excluding steroid dienone is 2. The lowest BCUT2D eigenvalue weighted by Gasteiger charge is -2.51. The first-order chi connectivity index (χ1) is 23.5. The van der Waals surface area contributed by atoms with Gasteiger partial charge in [0.1, 0.15) is 5.75 Å². The summed E-state index contributed by atoms with van der Waals surface area (Å²) in [5.74, 6) is -6.02. The van der Waals surface area contributed by atoms with Gasteiger partial charge in [-0.1, -0.05) is 83.7 Å². The summed E-state index contributed by atoms with van der Waals surface area (Å²) in [6.07, 6.45) is 3.91. The van der Waals surface area contributed by atoms with E-state index in [1.165, 1.54) is 21.9 Å². The molecule has 11 heteroatoms. The lowest BCUT2D eigenvalue weighted by molar-refractivity contribution is -0.141. The summed E-state index contributed by atoms with van der Waals surface area (Å²) >= 11 is 13.3. The normalized spacial score (nSPS) is 27.6. The Labute approximate surface area is 293 Å². The van der Waals surface area contributed by atoms with Crippen molar-refractivity contribution in [1.29, 1.82) is 0 Å². The molecule has 2 N–H and O–H groups in total. The average Bonchev–Trinajstić information content (AvgIpc) is 3.45. The second-order valence-electron chi connectivity index (χ2n) is 13.3. The van der Waals surface area contributed by atoms with Crippen LogP contribution >= 0.6 is 23.2 Å². The van der Waals surface area contributed by atoms with E-state index in [9.17, 15) is 24.3 Å². The molecular weight excluding hydrogens is 667 g/mol. The zero-order chi connectivity index (χ0) is 34.6. The van der Waals surface area contributed by atoms with Crippen LogP contribution in [0.3, 0.4) is 0 Å². The standard InChI is InChI=1S/C38H34Cl2N2O7/c39-22-10-7-11-23(18-22)42-35(47)29-20-28-25(15-16-27-32(28)36(48)41(34(27)46)17-6-2-5-12-31(44)45)33(26-14-13-24(43)19-30(26)40)38(29,37(42)49)21-8-3-1-4-9-21/h1,3-4,7-11,13-15,18-19,27-29,32-33,43H,2,5-6,12,16-17,20H2,(H,44,45)/t27-,28+,29-,32-,33+,38+/m0/s1. The average molecular weight is 702 g/mol. The van der Waals surface area contributed by atoms with Crippen molar-refractivity contribution in [3.63, 3.8) is 0 Å². The molecule has 3 aromatic rings. The number of carbonyl (C=O) groups is 5. The van der Waals surface area contributed by atoms with Gasteiger partial charge in [0.25, 0.3) is 0 Å².